The van der Waals surface area contributed by atoms with Crippen LogP contribution in [-0.2, 0) is 11.2 Å². The highest BCUT2D eigenvalue weighted by molar-refractivity contribution is 6.06. The Hall–Kier alpha value is -3.26. The number of hydrogen-bond acceptors (Lipinski definition) is 4. The van der Waals surface area contributed by atoms with E-state index < -0.39 is 18.2 Å². The maximum Gasteiger partial charge on any atom is 0.389 e. The Morgan fingerprint density at radius 1 is 1.18 bits per heavy atom. The molecule has 8 heteroatoms. The summed E-state index contributed by atoms with van der Waals surface area (Å²) in [6, 6.07) is 10.1. The molecular formula is C31H34F3N3O2. The second-order valence-electron chi connectivity index (χ2n) is 11.2. The normalized spacial score (nSPS) is 24.9. The fourth-order valence-electron chi connectivity index (χ4n) is 6.39. The van der Waals surface area contributed by atoms with Crippen LogP contribution in [0.2, 0.25) is 0 Å². The van der Waals surface area contributed by atoms with Crippen molar-refractivity contribution in [1.29, 1.82) is 0 Å². The van der Waals surface area contributed by atoms with Gasteiger partial charge in [0.2, 0.25) is 0 Å². The van der Waals surface area contributed by atoms with Crippen molar-refractivity contribution < 1.29 is 23.1 Å². The summed E-state index contributed by atoms with van der Waals surface area (Å²) in [6.45, 7) is 3.63. The number of nitrogens with one attached hydrogen (secondary N) is 1. The van der Waals surface area contributed by atoms with E-state index in [4.69, 9.17) is 0 Å². The average Bonchev–Trinajstić information content (AvgIpc) is 2.89. The van der Waals surface area contributed by atoms with Gasteiger partial charge in [-0.3, -0.25) is 4.79 Å². The van der Waals surface area contributed by atoms with Crippen molar-refractivity contribution in [3.05, 3.63) is 88.1 Å². The number of aliphatic hydroxyl groups is 1. The second kappa shape index (κ2) is 10.7. The summed E-state index contributed by atoms with van der Waals surface area (Å²) in [6.07, 6.45) is 3.57. The molecule has 3 atom stereocenters. The van der Waals surface area contributed by atoms with E-state index in [1.165, 1.54) is 11.1 Å². The molecule has 0 radical (unpaired) electrons. The molecule has 39 heavy (non-hydrogen) atoms. The van der Waals surface area contributed by atoms with Crippen LogP contribution >= 0.6 is 0 Å². The molecule has 1 aromatic carbocycles. The van der Waals surface area contributed by atoms with E-state index in [2.05, 4.69) is 27.4 Å². The van der Waals surface area contributed by atoms with Crippen LogP contribution in [0.1, 0.15) is 62.0 Å². The van der Waals surface area contributed by atoms with Crippen molar-refractivity contribution in [1.82, 2.24) is 9.97 Å². The number of rotatable bonds is 6. The molecule has 2 N–H and O–H groups in total. The monoisotopic (exact) mass is 537 g/mol. The maximum atomic E-state index is 13.4. The number of benzene rings is 1. The van der Waals surface area contributed by atoms with Crippen molar-refractivity contribution in [3.63, 3.8) is 0 Å². The lowest BCUT2D eigenvalue weighted by atomic mass is 9.63. The summed E-state index contributed by atoms with van der Waals surface area (Å²) in [7, 11) is 0. The van der Waals surface area contributed by atoms with E-state index in [0.717, 1.165) is 24.0 Å². The molecule has 1 heterocycles. The Balaban J connectivity index is 1.44. The number of aryl methyl sites for hydroxylation is 2. The van der Waals surface area contributed by atoms with E-state index >= 15 is 0 Å². The predicted octanol–water partition coefficient (Wildman–Crippen LogP) is 6.72. The number of amides is 1. The second-order valence-corrected chi connectivity index (χ2v) is 11.2. The minimum Gasteiger partial charge on any atom is -0.390 e. The van der Waals surface area contributed by atoms with E-state index in [9.17, 15) is 23.1 Å². The fraction of sp³-hybridized carbons (Fsp3) is 0.452. The Labute approximate surface area is 227 Å². The van der Waals surface area contributed by atoms with Gasteiger partial charge in [-0.15, -0.1) is 0 Å². The topological polar surface area (TPSA) is 75.1 Å². The zero-order chi connectivity index (χ0) is 27.8. The molecule has 1 fully saturated rings. The minimum absolute atomic E-state index is 0.0392. The highest BCUT2D eigenvalue weighted by Crippen LogP contribution is 2.51. The summed E-state index contributed by atoms with van der Waals surface area (Å²) in [5.74, 6) is 0.437. The van der Waals surface area contributed by atoms with Crippen LogP contribution in [0.3, 0.4) is 0 Å². The van der Waals surface area contributed by atoms with E-state index in [1.807, 2.05) is 37.3 Å². The molecule has 0 spiro atoms. The van der Waals surface area contributed by atoms with Crippen LogP contribution in [-0.4, -0.2) is 32.8 Å². The lowest BCUT2D eigenvalue weighted by molar-refractivity contribution is -0.149. The summed E-state index contributed by atoms with van der Waals surface area (Å²) in [5.41, 5.74) is 5.29. The average molecular weight is 538 g/mol. The van der Waals surface area contributed by atoms with Gasteiger partial charge in [0.15, 0.2) is 0 Å². The van der Waals surface area contributed by atoms with Crippen molar-refractivity contribution in [3.8, 4) is 0 Å². The SMILES string of the molecule is Cc1ncc(NC(=O)C2=C[C@@H](Cc3ccccc3)C3=C4CC[C@](O)(CCC(F)(F)F)C[C@H]4CCC3=C2)c(C)n1. The lowest BCUT2D eigenvalue weighted by Crippen LogP contribution is -2.39. The molecule has 1 amide bonds. The van der Waals surface area contributed by atoms with Gasteiger partial charge in [0.25, 0.3) is 5.91 Å². The quantitative estimate of drug-likeness (QED) is 0.429. The van der Waals surface area contributed by atoms with Crippen molar-refractivity contribution in [2.75, 3.05) is 5.32 Å². The predicted molar refractivity (Wildman–Crippen MR) is 144 cm³/mol. The molecule has 5 rings (SSSR count). The van der Waals surface area contributed by atoms with Gasteiger partial charge in [-0.05, 0) is 87.5 Å². The third kappa shape index (κ3) is 6.32. The molecule has 0 aliphatic heterocycles. The number of nitrogens with zero attached hydrogens (tertiary/aromatic N) is 2. The molecule has 0 unspecified atom stereocenters. The number of carbonyl (C=O) groups is 1. The van der Waals surface area contributed by atoms with Gasteiger partial charge >= 0.3 is 6.18 Å². The Morgan fingerprint density at radius 2 is 1.95 bits per heavy atom. The largest absolute Gasteiger partial charge is 0.390 e. The Morgan fingerprint density at radius 3 is 2.67 bits per heavy atom. The number of allylic oxidation sites excluding steroid dienone is 4. The lowest BCUT2D eigenvalue weighted by Gasteiger charge is -2.44. The van der Waals surface area contributed by atoms with E-state index in [1.54, 1.807) is 13.1 Å². The molecule has 1 aromatic heterocycles. The van der Waals surface area contributed by atoms with Crippen LogP contribution in [0.5, 0.6) is 0 Å². The van der Waals surface area contributed by atoms with Gasteiger partial charge in [0, 0.05) is 17.9 Å². The molecule has 3 aliphatic carbocycles. The number of halogens is 3. The fourth-order valence-corrected chi connectivity index (χ4v) is 6.39. The van der Waals surface area contributed by atoms with Gasteiger partial charge in [-0.25, -0.2) is 9.97 Å². The molecule has 0 bridgehead atoms. The minimum atomic E-state index is -4.27. The van der Waals surface area contributed by atoms with E-state index in [0.29, 0.717) is 48.5 Å². The number of fused-ring (bicyclic) bond motifs is 2. The summed E-state index contributed by atoms with van der Waals surface area (Å²) < 4.78 is 38.7. The van der Waals surface area contributed by atoms with Crippen LogP contribution < -0.4 is 5.32 Å². The first kappa shape index (κ1) is 27.3. The summed E-state index contributed by atoms with van der Waals surface area (Å²) in [5, 5.41) is 14.0. The van der Waals surface area contributed by atoms with Crippen LogP contribution in [0, 0.1) is 25.7 Å². The van der Waals surface area contributed by atoms with Crippen molar-refractivity contribution >= 4 is 11.6 Å². The maximum absolute atomic E-state index is 13.4. The smallest absolute Gasteiger partial charge is 0.389 e. The molecule has 1 saturated carbocycles. The molecule has 5 nitrogen and oxygen atoms in total. The highest BCUT2D eigenvalue weighted by atomic mass is 19.4. The standard InChI is InChI=1S/C31H34F3N3O2/c1-19-27(18-35-20(2)36-19)37-29(38)25-15-22-8-9-23-17-30(39,12-13-31(32,33)34)11-10-26(23)28(22)24(16-25)14-21-6-4-3-5-7-21/h3-7,15-16,18,23-24,39H,8-14,17H2,1-2H3,(H,37,38)/t23-,24-,30+/m1/s1. The van der Waals surface area contributed by atoms with Crippen molar-refractivity contribution in [2.24, 2.45) is 11.8 Å². The first-order chi connectivity index (χ1) is 18.5. The van der Waals surface area contributed by atoms with Gasteiger partial charge < -0.3 is 10.4 Å². The van der Waals surface area contributed by atoms with Crippen LogP contribution in [0.25, 0.3) is 0 Å². The Bertz CT molecular complexity index is 1350. The third-order valence-electron chi connectivity index (χ3n) is 8.30. The summed E-state index contributed by atoms with van der Waals surface area (Å²) in [4.78, 5) is 21.9. The zero-order valence-corrected chi connectivity index (χ0v) is 22.3. The molecule has 2 aromatic rings. The first-order valence-corrected chi connectivity index (χ1v) is 13.6. The van der Waals surface area contributed by atoms with Gasteiger partial charge in [-0.1, -0.05) is 42.0 Å². The van der Waals surface area contributed by atoms with Gasteiger partial charge in [-0.2, -0.15) is 13.2 Å². The van der Waals surface area contributed by atoms with Crippen molar-refractivity contribution in [2.45, 2.75) is 77.0 Å². The number of hydrogen-bond donors (Lipinski definition) is 2. The first-order valence-electron chi connectivity index (χ1n) is 13.6. The van der Waals surface area contributed by atoms with E-state index in [-0.39, 0.29) is 24.2 Å². The van der Waals surface area contributed by atoms with Crippen LogP contribution in [0.4, 0.5) is 18.9 Å². The Kier molecular flexibility index (Phi) is 7.51. The molecule has 0 saturated heterocycles. The number of anilines is 1. The van der Waals surface area contributed by atoms with Crippen LogP contribution in [0.15, 0.2) is 71.0 Å². The molecule has 3 aliphatic rings. The summed E-state index contributed by atoms with van der Waals surface area (Å²) >= 11 is 0. The van der Waals surface area contributed by atoms with Gasteiger partial charge in [0.1, 0.15) is 5.82 Å². The number of aromatic nitrogens is 2. The number of carbonyl (C=O) groups excluding carboxylic acids is 1. The molecule has 206 valence electrons. The third-order valence-corrected chi connectivity index (χ3v) is 8.30. The highest BCUT2D eigenvalue weighted by Gasteiger charge is 2.43. The molecular weight excluding hydrogens is 503 g/mol. The number of alkyl halides is 3. The van der Waals surface area contributed by atoms with Gasteiger partial charge in [0.05, 0.1) is 23.2 Å². The zero-order valence-electron chi connectivity index (χ0n) is 22.3.